The summed E-state index contributed by atoms with van der Waals surface area (Å²) in [6, 6.07) is 4.78. The molecule has 1 heterocycles. The van der Waals surface area contributed by atoms with Gasteiger partial charge in [-0.25, -0.2) is 31.6 Å². The fourth-order valence-electron chi connectivity index (χ4n) is 3.01. The van der Waals surface area contributed by atoms with Crippen molar-refractivity contribution in [3.63, 3.8) is 0 Å². The average molecular weight is 485 g/mol. The molecule has 3 N–H and O–H groups in total. The molecule has 0 saturated heterocycles. The van der Waals surface area contributed by atoms with Gasteiger partial charge in [0.05, 0.1) is 29.2 Å². The molecule has 0 radical (unpaired) electrons. The molecular weight excluding hydrogens is 466 g/mol. The third-order valence-electron chi connectivity index (χ3n) is 4.46. The number of hydrogen-bond donors (Lipinski definition) is 3. The number of nitrogens with zero attached hydrogens (tertiary/aromatic N) is 2. The molecular formula is C20H19F4N5O3S. The number of carbonyl (C=O) groups excluding carboxylic acids is 1. The number of hydrogen-bond acceptors (Lipinski definition) is 6. The van der Waals surface area contributed by atoms with Crippen molar-refractivity contribution in [2.75, 3.05) is 34.3 Å². The van der Waals surface area contributed by atoms with Crippen molar-refractivity contribution in [3.8, 4) is 0 Å². The maximum absolute atomic E-state index is 14.9. The van der Waals surface area contributed by atoms with Crippen LogP contribution >= 0.6 is 0 Å². The first-order valence-corrected chi connectivity index (χ1v) is 11.4. The minimum Gasteiger partial charge on any atom is -0.370 e. The van der Waals surface area contributed by atoms with E-state index in [0.29, 0.717) is 23.8 Å². The first-order valence-electron chi connectivity index (χ1n) is 9.71. The average Bonchev–Trinajstić information content (AvgIpc) is 2.78. The molecule has 3 aromatic rings. The van der Waals surface area contributed by atoms with Gasteiger partial charge in [-0.05, 0) is 25.5 Å². The zero-order valence-corrected chi connectivity index (χ0v) is 18.1. The van der Waals surface area contributed by atoms with Crippen molar-refractivity contribution in [1.82, 2.24) is 9.97 Å². The highest BCUT2D eigenvalue weighted by molar-refractivity contribution is 7.92. The van der Waals surface area contributed by atoms with Crippen LogP contribution in [0.1, 0.15) is 23.7 Å². The number of rotatable bonds is 9. The summed E-state index contributed by atoms with van der Waals surface area (Å²) >= 11 is 0. The molecule has 3 rings (SSSR count). The Morgan fingerprint density at radius 2 is 1.88 bits per heavy atom. The molecule has 13 heteroatoms. The fraction of sp³-hybridized carbons (Fsp3) is 0.250. The molecule has 0 aliphatic carbocycles. The molecule has 0 spiro atoms. The molecule has 176 valence electrons. The number of anilines is 3. The summed E-state index contributed by atoms with van der Waals surface area (Å²) in [5.41, 5.74) is -2.04. The van der Waals surface area contributed by atoms with Crippen molar-refractivity contribution in [2.24, 2.45) is 0 Å². The monoisotopic (exact) mass is 485 g/mol. The van der Waals surface area contributed by atoms with Crippen molar-refractivity contribution in [2.45, 2.75) is 13.3 Å². The van der Waals surface area contributed by atoms with Crippen LogP contribution in [-0.4, -0.2) is 43.3 Å². The topological polar surface area (TPSA) is 113 Å². The number of sulfonamides is 1. The number of carbonyl (C=O) groups is 1. The number of nitrogens with one attached hydrogen (secondary N) is 3. The highest BCUT2D eigenvalue weighted by Gasteiger charge is 2.24. The summed E-state index contributed by atoms with van der Waals surface area (Å²) < 4.78 is 81.1. The number of aromatic nitrogens is 2. The Bertz CT molecular complexity index is 1300. The van der Waals surface area contributed by atoms with Gasteiger partial charge < -0.3 is 10.6 Å². The minimum atomic E-state index is -4.24. The lowest BCUT2D eigenvalue weighted by Crippen LogP contribution is -2.20. The van der Waals surface area contributed by atoms with E-state index >= 15 is 0 Å². The number of para-hydroxylation sites is 1. The summed E-state index contributed by atoms with van der Waals surface area (Å²) in [5, 5.41) is 5.40. The zero-order valence-electron chi connectivity index (χ0n) is 17.3. The second-order valence-corrected chi connectivity index (χ2v) is 8.62. The van der Waals surface area contributed by atoms with Gasteiger partial charge in [-0.2, -0.15) is 0 Å². The van der Waals surface area contributed by atoms with Crippen LogP contribution in [0.5, 0.6) is 0 Å². The van der Waals surface area contributed by atoms with E-state index in [9.17, 15) is 30.8 Å². The molecule has 0 aliphatic rings. The molecule has 0 fully saturated rings. The van der Waals surface area contributed by atoms with E-state index in [2.05, 4.69) is 15.3 Å². The maximum Gasteiger partial charge on any atom is 0.258 e. The van der Waals surface area contributed by atoms with Gasteiger partial charge in [0.15, 0.2) is 17.5 Å². The quantitative estimate of drug-likeness (QED) is 0.314. The lowest BCUT2D eigenvalue weighted by Gasteiger charge is -2.14. The van der Waals surface area contributed by atoms with Gasteiger partial charge in [0, 0.05) is 18.0 Å². The van der Waals surface area contributed by atoms with Crippen LogP contribution in [0, 0.1) is 17.5 Å². The Kier molecular flexibility index (Phi) is 7.31. The standard InChI is InChI=1S/C20H19F4N5O3S/c1-2-25-19-11-5-3-6-12(17(11)26-10-27-19)20(30)28-18-15(23)13(22)9-14(16(18)24)29-33(31,32)8-4-7-21/h3,5-6,9-10,29H,2,4,7-8H2,1H3,(H,28,30)(H,25,26,27). The van der Waals surface area contributed by atoms with Gasteiger partial charge in [0.2, 0.25) is 10.0 Å². The Hall–Kier alpha value is -3.48. The van der Waals surface area contributed by atoms with Gasteiger partial charge in [0.25, 0.3) is 5.91 Å². The van der Waals surface area contributed by atoms with Crippen molar-refractivity contribution < 1.29 is 30.8 Å². The van der Waals surface area contributed by atoms with Crippen LogP contribution < -0.4 is 15.4 Å². The Balaban J connectivity index is 1.99. The molecule has 8 nitrogen and oxygen atoms in total. The Morgan fingerprint density at radius 1 is 1.12 bits per heavy atom. The van der Waals surface area contributed by atoms with Crippen LogP contribution in [-0.2, 0) is 10.0 Å². The summed E-state index contributed by atoms with van der Waals surface area (Å²) in [6.07, 6.45) is 0.826. The van der Waals surface area contributed by atoms with Gasteiger partial charge in [-0.3, -0.25) is 13.9 Å². The largest absolute Gasteiger partial charge is 0.370 e. The highest BCUT2D eigenvalue weighted by Crippen LogP contribution is 2.30. The van der Waals surface area contributed by atoms with E-state index in [1.807, 2.05) is 12.2 Å². The predicted octanol–water partition coefficient (Wildman–Crippen LogP) is 3.83. The molecule has 1 amide bonds. The number of fused-ring (bicyclic) bond motifs is 1. The number of benzene rings is 2. The molecule has 33 heavy (non-hydrogen) atoms. The lowest BCUT2D eigenvalue weighted by atomic mass is 10.1. The van der Waals surface area contributed by atoms with E-state index in [1.54, 1.807) is 10.8 Å². The molecule has 0 unspecified atom stereocenters. The fourth-order valence-corrected chi connectivity index (χ4v) is 4.09. The molecule has 0 bridgehead atoms. The van der Waals surface area contributed by atoms with E-state index in [1.165, 1.54) is 18.5 Å². The van der Waals surface area contributed by atoms with Crippen LogP contribution in [0.4, 0.5) is 34.8 Å². The summed E-state index contributed by atoms with van der Waals surface area (Å²) in [7, 11) is -4.24. The first-order chi connectivity index (χ1) is 15.7. The van der Waals surface area contributed by atoms with Gasteiger partial charge >= 0.3 is 0 Å². The maximum atomic E-state index is 14.9. The molecule has 2 aromatic carbocycles. The van der Waals surface area contributed by atoms with E-state index in [4.69, 9.17) is 0 Å². The third-order valence-corrected chi connectivity index (χ3v) is 5.82. The van der Waals surface area contributed by atoms with Crippen molar-refractivity contribution >= 4 is 44.0 Å². The van der Waals surface area contributed by atoms with E-state index in [-0.39, 0.29) is 17.5 Å². The third kappa shape index (κ3) is 5.30. The summed E-state index contributed by atoms with van der Waals surface area (Å²) in [4.78, 5) is 20.9. The van der Waals surface area contributed by atoms with E-state index in [0.717, 1.165) is 0 Å². The van der Waals surface area contributed by atoms with Crippen LogP contribution in [0.2, 0.25) is 0 Å². The molecule has 1 aromatic heterocycles. The highest BCUT2D eigenvalue weighted by atomic mass is 32.2. The number of alkyl halides is 1. The molecule has 0 aliphatic heterocycles. The van der Waals surface area contributed by atoms with Gasteiger partial charge in [0.1, 0.15) is 17.8 Å². The zero-order chi connectivity index (χ0) is 24.2. The van der Waals surface area contributed by atoms with Crippen LogP contribution in [0.3, 0.4) is 0 Å². The normalized spacial score (nSPS) is 11.4. The molecule has 0 atom stereocenters. The van der Waals surface area contributed by atoms with Crippen LogP contribution in [0.25, 0.3) is 10.9 Å². The number of amides is 1. The van der Waals surface area contributed by atoms with Gasteiger partial charge in [-0.1, -0.05) is 6.07 Å². The van der Waals surface area contributed by atoms with Gasteiger partial charge in [-0.15, -0.1) is 0 Å². The smallest absolute Gasteiger partial charge is 0.258 e. The Labute approximate surface area is 186 Å². The predicted molar refractivity (Wildman–Crippen MR) is 116 cm³/mol. The lowest BCUT2D eigenvalue weighted by molar-refractivity contribution is 0.102. The first kappa shape index (κ1) is 24.2. The Morgan fingerprint density at radius 3 is 2.58 bits per heavy atom. The number of halogens is 4. The second kappa shape index (κ2) is 9.98. The van der Waals surface area contributed by atoms with Crippen molar-refractivity contribution in [1.29, 1.82) is 0 Å². The minimum absolute atomic E-state index is 0.0813. The summed E-state index contributed by atoms with van der Waals surface area (Å²) in [5.74, 6) is -6.16. The SMILES string of the molecule is CCNc1ncnc2c(C(=O)Nc3c(F)c(F)cc(NS(=O)(=O)CCCF)c3F)cccc12. The van der Waals surface area contributed by atoms with Crippen molar-refractivity contribution in [3.05, 3.63) is 53.6 Å². The second-order valence-electron chi connectivity index (χ2n) is 6.78. The van der Waals surface area contributed by atoms with E-state index < -0.39 is 57.2 Å². The summed E-state index contributed by atoms with van der Waals surface area (Å²) in [6.45, 7) is 1.43. The molecule has 0 saturated carbocycles. The van der Waals surface area contributed by atoms with Crippen LogP contribution in [0.15, 0.2) is 30.6 Å².